The first-order valence-corrected chi connectivity index (χ1v) is 4.00. The minimum absolute atomic E-state index is 0.274. The van der Waals surface area contributed by atoms with Gasteiger partial charge in [-0.15, -0.1) is 11.6 Å². The Morgan fingerprint density at radius 3 is 2.83 bits per heavy atom. The van der Waals surface area contributed by atoms with Crippen LogP contribution in [-0.4, -0.2) is 6.79 Å². The van der Waals surface area contributed by atoms with Gasteiger partial charge in [0.2, 0.25) is 6.79 Å². The van der Waals surface area contributed by atoms with E-state index in [2.05, 4.69) is 0 Å². The molecular weight excluding hydrogens is 178 g/mol. The molecule has 1 aliphatic rings. The number of nitrogens with two attached hydrogens (primary N) is 1. The number of hydrogen-bond donors (Lipinski definition) is 1. The highest BCUT2D eigenvalue weighted by molar-refractivity contribution is 6.20. The summed E-state index contributed by atoms with van der Waals surface area (Å²) in [4.78, 5) is 0. The van der Waals surface area contributed by atoms with Crippen LogP contribution in [0, 0.1) is 0 Å². The number of ether oxygens (including phenoxy) is 2. The molecule has 1 aliphatic heterocycles. The van der Waals surface area contributed by atoms with E-state index in [0.29, 0.717) is 5.75 Å². The molecule has 1 heterocycles. The molecule has 0 spiro atoms. The maximum absolute atomic E-state index is 5.69. The Balaban J connectivity index is 2.39. The molecule has 12 heavy (non-hydrogen) atoms. The van der Waals surface area contributed by atoms with Gasteiger partial charge in [-0.25, -0.2) is 0 Å². The van der Waals surface area contributed by atoms with E-state index in [0.717, 1.165) is 11.3 Å². The summed E-state index contributed by atoms with van der Waals surface area (Å²) >= 11 is 5.69. The molecule has 1 atom stereocenters. The molecule has 0 aromatic heterocycles. The highest BCUT2D eigenvalue weighted by Gasteiger charge is 2.14. The molecule has 2 rings (SSSR count). The normalized spacial score (nSPS) is 16.2. The van der Waals surface area contributed by atoms with E-state index in [4.69, 9.17) is 26.8 Å². The Bertz CT molecular complexity index is 301. The molecule has 0 radical (unpaired) electrons. The van der Waals surface area contributed by atoms with Gasteiger partial charge in [0, 0.05) is 0 Å². The van der Waals surface area contributed by atoms with E-state index in [1.807, 2.05) is 6.07 Å². The topological polar surface area (TPSA) is 44.5 Å². The summed E-state index contributed by atoms with van der Waals surface area (Å²) in [5.41, 5.74) is 5.82. The lowest BCUT2D eigenvalue weighted by Crippen LogP contribution is -2.01. The molecule has 4 heteroatoms. The molecule has 0 fully saturated rings. The third-order valence-corrected chi connectivity index (χ3v) is 1.97. The number of alkyl halides is 1. The van der Waals surface area contributed by atoms with Crippen molar-refractivity contribution in [1.29, 1.82) is 0 Å². The average Bonchev–Trinajstić information content (AvgIpc) is 2.49. The van der Waals surface area contributed by atoms with Gasteiger partial charge in [-0.2, -0.15) is 0 Å². The number of hydrogen-bond acceptors (Lipinski definition) is 3. The number of benzene rings is 1. The summed E-state index contributed by atoms with van der Waals surface area (Å²) in [6.07, 6.45) is 0. The monoisotopic (exact) mass is 185 g/mol. The van der Waals surface area contributed by atoms with E-state index in [1.54, 1.807) is 12.1 Å². The predicted octanol–water partition coefficient (Wildman–Crippen LogP) is 1.61. The van der Waals surface area contributed by atoms with Gasteiger partial charge in [-0.1, -0.05) is 6.07 Å². The second-order valence-electron chi connectivity index (χ2n) is 2.51. The second kappa shape index (κ2) is 2.84. The molecule has 0 saturated carbocycles. The van der Waals surface area contributed by atoms with Gasteiger partial charge in [0.05, 0.1) is 0 Å². The molecule has 1 aromatic rings. The Morgan fingerprint density at radius 1 is 1.33 bits per heavy atom. The average molecular weight is 186 g/mol. The zero-order chi connectivity index (χ0) is 8.55. The van der Waals surface area contributed by atoms with Gasteiger partial charge in [0.1, 0.15) is 5.50 Å². The first-order chi connectivity index (χ1) is 5.77. The van der Waals surface area contributed by atoms with Gasteiger partial charge in [-0.3, -0.25) is 0 Å². The lowest BCUT2D eigenvalue weighted by Gasteiger charge is -2.03. The highest BCUT2D eigenvalue weighted by Crippen LogP contribution is 2.34. The van der Waals surface area contributed by atoms with Crippen LogP contribution in [0.1, 0.15) is 11.1 Å². The Hall–Kier alpha value is -0.930. The van der Waals surface area contributed by atoms with Crippen molar-refractivity contribution < 1.29 is 9.47 Å². The Kier molecular flexibility index (Phi) is 1.83. The van der Waals surface area contributed by atoms with Crippen molar-refractivity contribution in [1.82, 2.24) is 0 Å². The molecule has 0 bridgehead atoms. The largest absolute Gasteiger partial charge is 0.454 e. The first kappa shape index (κ1) is 7.71. The third kappa shape index (κ3) is 1.21. The fraction of sp³-hybridized carbons (Fsp3) is 0.250. The predicted molar refractivity (Wildman–Crippen MR) is 45.3 cm³/mol. The van der Waals surface area contributed by atoms with Crippen LogP contribution in [0.5, 0.6) is 11.5 Å². The zero-order valence-corrected chi connectivity index (χ0v) is 7.04. The van der Waals surface area contributed by atoms with Crippen molar-refractivity contribution in [2.45, 2.75) is 5.50 Å². The summed E-state index contributed by atoms with van der Waals surface area (Å²) in [6, 6.07) is 5.42. The van der Waals surface area contributed by atoms with Crippen LogP contribution in [0.2, 0.25) is 0 Å². The molecule has 0 aliphatic carbocycles. The summed E-state index contributed by atoms with van der Waals surface area (Å²) in [5.74, 6) is 1.46. The van der Waals surface area contributed by atoms with Crippen LogP contribution in [0.4, 0.5) is 0 Å². The SMILES string of the molecule is NC(Cl)c1ccc2c(c1)OCO2. The van der Waals surface area contributed by atoms with Crippen molar-refractivity contribution in [3.8, 4) is 11.5 Å². The van der Waals surface area contributed by atoms with Crippen molar-refractivity contribution in [3.63, 3.8) is 0 Å². The summed E-state index contributed by atoms with van der Waals surface area (Å²) in [5, 5.41) is 0. The lowest BCUT2D eigenvalue weighted by molar-refractivity contribution is 0.174. The quantitative estimate of drug-likeness (QED) is 0.534. The molecular formula is C8H8ClNO2. The lowest BCUT2D eigenvalue weighted by atomic mass is 10.2. The van der Waals surface area contributed by atoms with Crippen LogP contribution in [0.3, 0.4) is 0 Å². The van der Waals surface area contributed by atoms with Crippen LogP contribution in [0.25, 0.3) is 0 Å². The van der Waals surface area contributed by atoms with E-state index in [1.165, 1.54) is 0 Å². The van der Waals surface area contributed by atoms with Crippen LogP contribution in [0.15, 0.2) is 18.2 Å². The molecule has 3 nitrogen and oxygen atoms in total. The zero-order valence-electron chi connectivity index (χ0n) is 6.29. The molecule has 2 N–H and O–H groups in total. The smallest absolute Gasteiger partial charge is 0.231 e. The molecule has 64 valence electrons. The van der Waals surface area contributed by atoms with Gasteiger partial charge < -0.3 is 15.2 Å². The standard InChI is InChI=1S/C8H8ClNO2/c9-8(10)5-1-2-6-7(3-5)12-4-11-6/h1-3,8H,4,10H2. The number of fused-ring (bicyclic) bond motifs is 1. The minimum Gasteiger partial charge on any atom is -0.454 e. The summed E-state index contributed by atoms with van der Waals surface area (Å²) < 4.78 is 10.3. The molecule has 0 saturated heterocycles. The van der Waals surface area contributed by atoms with Crippen LogP contribution in [-0.2, 0) is 0 Å². The minimum atomic E-state index is -0.487. The van der Waals surface area contributed by atoms with E-state index in [-0.39, 0.29) is 6.79 Å². The Labute approximate surface area is 75.0 Å². The number of rotatable bonds is 1. The molecule has 1 unspecified atom stereocenters. The molecule has 0 amide bonds. The van der Waals surface area contributed by atoms with E-state index < -0.39 is 5.50 Å². The van der Waals surface area contributed by atoms with Gasteiger partial charge >= 0.3 is 0 Å². The fourth-order valence-corrected chi connectivity index (χ4v) is 1.22. The van der Waals surface area contributed by atoms with Gasteiger partial charge in [0.15, 0.2) is 11.5 Å². The second-order valence-corrected chi connectivity index (χ2v) is 2.98. The van der Waals surface area contributed by atoms with Crippen molar-refractivity contribution in [2.24, 2.45) is 5.73 Å². The van der Waals surface area contributed by atoms with Crippen LogP contribution >= 0.6 is 11.6 Å². The first-order valence-electron chi connectivity index (χ1n) is 3.56. The maximum Gasteiger partial charge on any atom is 0.231 e. The van der Waals surface area contributed by atoms with Crippen molar-refractivity contribution >= 4 is 11.6 Å². The Morgan fingerprint density at radius 2 is 2.08 bits per heavy atom. The fourth-order valence-electron chi connectivity index (χ4n) is 1.08. The van der Waals surface area contributed by atoms with Crippen molar-refractivity contribution in [2.75, 3.05) is 6.79 Å². The van der Waals surface area contributed by atoms with Gasteiger partial charge in [0.25, 0.3) is 0 Å². The summed E-state index contributed by atoms with van der Waals surface area (Å²) in [6.45, 7) is 0.274. The maximum atomic E-state index is 5.69. The highest BCUT2D eigenvalue weighted by atomic mass is 35.5. The van der Waals surface area contributed by atoms with Crippen molar-refractivity contribution in [3.05, 3.63) is 23.8 Å². The van der Waals surface area contributed by atoms with Crippen LogP contribution < -0.4 is 15.2 Å². The van der Waals surface area contributed by atoms with E-state index in [9.17, 15) is 0 Å². The molecule has 1 aromatic carbocycles. The van der Waals surface area contributed by atoms with Gasteiger partial charge in [-0.05, 0) is 17.7 Å². The summed E-state index contributed by atoms with van der Waals surface area (Å²) in [7, 11) is 0. The van der Waals surface area contributed by atoms with E-state index >= 15 is 0 Å². The third-order valence-electron chi connectivity index (χ3n) is 1.72. The number of halogens is 1.